The number of amides is 1. The number of benzene rings is 1. The van der Waals surface area contributed by atoms with Gasteiger partial charge in [0, 0.05) is 37.2 Å². The monoisotopic (exact) mass is 502 g/mol. The van der Waals surface area contributed by atoms with Gasteiger partial charge in [0.25, 0.3) is 0 Å². The van der Waals surface area contributed by atoms with Gasteiger partial charge in [0.15, 0.2) is 11.5 Å². The number of hydrogen-bond acceptors (Lipinski definition) is 9. The zero-order valence-corrected chi connectivity index (χ0v) is 18.9. The van der Waals surface area contributed by atoms with E-state index in [1.54, 1.807) is 0 Å². The second-order valence-corrected chi connectivity index (χ2v) is 7.78. The fraction of sp³-hybridized carbons (Fsp3) is 0.304. The van der Waals surface area contributed by atoms with Crippen LogP contribution in [-0.2, 0) is 16.0 Å². The number of nitrogens with zero attached hydrogens (tertiary/aromatic N) is 5. The normalized spacial score (nSPS) is 14.3. The first-order valence-corrected chi connectivity index (χ1v) is 10.9. The van der Waals surface area contributed by atoms with Crippen LogP contribution in [0.15, 0.2) is 49.2 Å². The fourth-order valence-corrected chi connectivity index (χ4v) is 3.44. The van der Waals surface area contributed by atoms with E-state index in [2.05, 4.69) is 30.0 Å². The van der Waals surface area contributed by atoms with Crippen LogP contribution in [0.25, 0.3) is 11.4 Å². The van der Waals surface area contributed by atoms with E-state index in [0.717, 1.165) is 12.1 Å². The Bertz CT molecular complexity index is 1200. The summed E-state index contributed by atoms with van der Waals surface area (Å²) in [6.45, 7) is 1.93. The fourth-order valence-electron chi connectivity index (χ4n) is 3.44. The molecular formula is C23H21F3N6O4. The molecule has 0 spiro atoms. The second-order valence-electron chi connectivity index (χ2n) is 7.78. The number of carbonyl (C=O) groups is 2. The molecule has 1 aliphatic rings. The van der Waals surface area contributed by atoms with E-state index in [1.165, 1.54) is 37.1 Å². The van der Waals surface area contributed by atoms with Gasteiger partial charge in [0.1, 0.15) is 11.4 Å². The first-order valence-electron chi connectivity index (χ1n) is 10.9. The molecule has 4 rings (SSSR count). The van der Waals surface area contributed by atoms with Gasteiger partial charge in [0.05, 0.1) is 50.0 Å². The largest absolute Gasteiger partial charge is 0.573 e. The maximum absolute atomic E-state index is 12.9. The molecule has 10 nitrogen and oxygen atoms in total. The Labute approximate surface area is 203 Å². The van der Waals surface area contributed by atoms with Gasteiger partial charge in [-0.1, -0.05) is 0 Å². The number of halogens is 3. The van der Waals surface area contributed by atoms with Crippen molar-refractivity contribution in [1.29, 1.82) is 0 Å². The van der Waals surface area contributed by atoms with Gasteiger partial charge in [-0.3, -0.25) is 34.4 Å². The van der Waals surface area contributed by atoms with Gasteiger partial charge in [-0.25, -0.2) is 0 Å². The van der Waals surface area contributed by atoms with Crippen LogP contribution in [0, 0.1) is 0 Å². The van der Waals surface area contributed by atoms with Crippen molar-refractivity contribution in [2.75, 3.05) is 38.2 Å². The molecule has 3 aromatic rings. The van der Waals surface area contributed by atoms with Gasteiger partial charge >= 0.3 is 6.36 Å². The molecule has 1 amide bonds. The topological polar surface area (TPSA) is 119 Å². The second kappa shape index (κ2) is 11.2. The molecule has 1 N–H and O–H groups in total. The van der Waals surface area contributed by atoms with E-state index < -0.39 is 23.8 Å². The first kappa shape index (κ1) is 25.1. The third-order valence-electron chi connectivity index (χ3n) is 5.14. The van der Waals surface area contributed by atoms with Crippen LogP contribution in [0.3, 0.4) is 0 Å². The van der Waals surface area contributed by atoms with E-state index in [0.29, 0.717) is 43.4 Å². The van der Waals surface area contributed by atoms with Crippen LogP contribution in [0.2, 0.25) is 0 Å². The number of rotatable bonds is 8. The van der Waals surface area contributed by atoms with E-state index in [1.807, 2.05) is 4.90 Å². The SMILES string of the molecule is O=C(CN1CCOCC1)Nc1cc(C(=O)Cc2cnc(-c3cnccn3)cn2)ccc1OC(F)(F)F. The number of hydrogen-bond donors (Lipinski definition) is 1. The van der Waals surface area contributed by atoms with Crippen molar-refractivity contribution in [3.63, 3.8) is 0 Å². The Kier molecular flexibility index (Phi) is 7.80. The lowest BCUT2D eigenvalue weighted by Gasteiger charge is -2.26. The van der Waals surface area contributed by atoms with Gasteiger partial charge in [-0.05, 0) is 18.2 Å². The Hall–Kier alpha value is -3.97. The maximum Gasteiger partial charge on any atom is 0.573 e. The summed E-state index contributed by atoms with van der Waals surface area (Å²) in [7, 11) is 0. The highest BCUT2D eigenvalue weighted by Gasteiger charge is 2.32. The Morgan fingerprint density at radius 2 is 1.81 bits per heavy atom. The lowest BCUT2D eigenvalue weighted by atomic mass is 10.1. The first-order chi connectivity index (χ1) is 17.3. The van der Waals surface area contributed by atoms with E-state index >= 15 is 0 Å². The molecule has 1 saturated heterocycles. The van der Waals surface area contributed by atoms with Crippen LogP contribution in [0.1, 0.15) is 16.1 Å². The molecule has 1 aromatic carbocycles. The number of morpholine rings is 1. The quantitative estimate of drug-likeness (QED) is 0.464. The highest BCUT2D eigenvalue weighted by Crippen LogP contribution is 2.31. The molecule has 0 atom stereocenters. The molecule has 0 unspecified atom stereocenters. The third kappa shape index (κ3) is 7.02. The van der Waals surface area contributed by atoms with Crippen molar-refractivity contribution in [2.45, 2.75) is 12.8 Å². The van der Waals surface area contributed by atoms with Gasteiger partial charge in [-0.2, -0.15) is 0 Å². The highest BCUT2D eigenvalue weighted by atomic mass is 19.4. The summed E-state index contributed by atoms with van der Waals surface area (Å²) >= 11 is 0. The molecule has 36 heavy (non-hydrogen) atoms. The molecule has 0 radical (unpaired) electrons. The Morgan fingerprint density at radius 1 is 1.03 bits per heavy atom. The van der Waals surface area contributed by atoms with Crippen molar-refractivity contribution < 1.29 is 32.2 Å². The Morgan fingerprint density at radius 3 is 2.47 bits per heavy atom. The summed E-state index contributed by atoms with van der Waals surface area (Å²) in [5.74, 6) is -1.60. The van der Waals surface area contributed by atoms with Gasteiger partial charge < -0.3 is 14.8 Å². The summed E-state index contributed by atoms with van der Waals surface area (Å²) in [6, 6.07) is 3.35. The average molecular weight is 502 g/mol. The zero-order valence-electron chi connectivity index (χ0n) is 18.9. The summed E-state index contributed by atoms with van der Waals surface area (Å²) in [6.07, 6.45) is 2.28. The summed E-state index contributed by atoms with van der Waals surface area (Å²) < 4.78 is 47.9. The van der Waals surface area contributed by atoms with E-state index in [-0.39, 0.29) is 24.2 Å². The highest BCUT2D eigenvalue weighted by molar-refractivity contribution is 6.00. The van der Waals surface area contributed by atoms with Crippen molar-refractivity contribution in [2.24, 2.45) is 0 Å². The van der Waals surface area contributed by atoms with E-state index in [9.17, 15) is 22.8 Å². The molecule has 2 aromatic heterocycles. The standard InChI is InChI=1S/C23H21F3N6O4/c24-23(25,26)36-21-2-1-15(9-17(21)31-22(34)14-32-5-7-35-8-6-32)20(33)10-16-11-30-19(13-29-16)18-12-27-3-4-28-18/h1-4,9,11-13H,5-8,10,14H2,(H,31,34). The van der Waals surface area contributed by atoms with Crippen molar-refractivity contribution in [1.82, 2.24) is 24.8 Å². The maximum atomic E-state index is 12.9. The number of anilines is 1. The lowest BCUT2D eigenvalue weighted by Crippen LogP contribution is -2.41. The molecule has 1 aliphatic heterocycles. The van der Waals surface area contributed by atoms with Gasteiger partial charge in [0.2, 0.25) is 5.91 Å². The third-order valence-corrected chi connectivity index (χ3v) is 5.14. The number of nitrogens with one attached hydrogen (secondary N) is 1. The minimum absolute atomic E-state index is 0.0410. The minimum Gasteiger partial charge on any atom is -0.404 e. The van der Waals surface area contributed by atoms with Crippen LogP contribution in [0.4, 0.5) is 18.9 Å². The number of ether oxygens (including phenoxy) is 2. The zero-order chi connectivity index (χ0) is 25.5. The predicted molar refractivity (Wildman–Crippen MR) is 120 cm³/mol. The van der Waals surface area contributed by atoms with Crippen LogP contribution in [0.5, 0.6) is 5.75 Å². The minimum atomic E-state index is -4.98. The molecule has 0 saturated carbocycles. The molecule has 1 fully saturated rings. The Balaban J connectivity index is 1.48. The van der Waals surface area contributed by atoms with Crippen LogP contribution < -0.4 is 10.1 Å². The summed E-state index contributed by atoms with van der Waals surface area (Å²) in [5.41, 5.74) is 1.14. The number of Topliss-reactive ketones (excluding diaryl/α,β-unsaturated/α-hetero) is 1. The van der Waals surface area contributed by atoms with Crippen molar-refractivity contribution >= 4 is 17.4 Å². The lowest BCUT2D eigenvalue weighted by molar-refractivity contribution is -0.274. The molecule has 0 bridgehead atoms. The summed E-state index contributed by atoms with van der Waals surface area (Å²) in [5, 5.41) is 2.43. The van der Waals surface area contributed by atoms with E-state index in [4.69, 9.17) is 4.74 Å². The van der Waals surface area contributed by atoms with Crippen LogP contribution in [-0.4, -0.2) is 75.7 Å². The molecule has 188 valence electrons. The molecule has 0 aliphatic carbocycles. The van der Waals surface area contributed by atoms with Gasteiger partial charge in [-0.15, -0.1) is 13.2 Å². The number of carbonyl (C=O) groups excluding carboxylic acids is 2. The predicted octanol–water partition coefficient (Wildman–Crippen LogP) is 2.53. The molecule has 3 heterocycles. The number of aromatic nitrogens is 4. The number of ketones is 1. The average Bonchev–Trinajstić information content (AvgIpc) is 2.86. The van der Waals surface area contributed by atoms with Crippen molar-refractivity contribution in [3.8, 4) is 17.1 Å². The van der Waals surface area contributed by atoms with Crippen molar-refractivity contribution in [3.05, 3.63) is 60.4 Å². The number of alkyl halides is 3. The van der Waals surface area contributed by atoms with Crippen LogP contribution >= 0.6 is 0 Å². The molecular weight excluding hydrogens is 481 g/mol. The summed E-state index contributed by atoms with van der Waals surface area (Å²) in [4.78, 5) is 43.6. The smallest absolute Gasteiger partial charge is 0.404 e. The molecule has 13 heteroatoms.